The second-order valence-electron chi connectivity index (χ2n) is 8.27. The molecule has 38 heavy (non-hydrogen) atoms. The summed E-state index contributed by atoms with van der Waals surface area (Å²) in [7, 11) is 2.53. The van der Waals surface area contributed by atoms with Crippen molar-refractivity contribution >= 4 is 23.5 Å². The Morgan fingerprint density at radius 3 is 2.53 bits per heavy atom. The Bertz CT molecular complexity index is 1480. The van der Waals surface area contributed by atoms with Gasteiger partial charge < -0.3 is 19.5 Å². The van der Waals surface area contributed by atoms with Crippen LogP contribution >= 0.6 is 11.6 Å². The first kappa shape index (κ1) is 28.4. The van der Waals surface area contributed by atoms with E-state index >= 15 is 0 Å². The number of aromatic nitrogens is 2. The van der Waals surface area contributed by atoms with Crippen LogP contribution in [0.2, 0.25) is 5.02 Å². The Kier molecular flexibility index (Phi) is 9.28. The van der Waals surface area contributed by atoms with Gasteiger partial charge in [-0.25, -0.2) is 14.4 Å². The van der Waals surface area contributed by atoms with Crippen LogP contribution in [-0.2, 0) is 37.4 Å². The lowest BCUT2D eigenvalue weighted by Crippen LogP contribution is -2.39. The molecule has 0 saturated carbocycles. The summed E-state index contributed by atoms with van der Waals surface area (Å²) in [5.41, 5.74) is 0.194. The molecule has 2 heterocycles. The number of hydrogen-bond donors (Lipinski definition) is 1. The lowest BCUT2D eigenvalue weighted by atomic mass is 9.80. The summed E-state index contributed by atoms with van der Waals surface area (Å²) in [6.45, 7) is 3.38. The van der Waals surface area contributed by atoms with Gasteiger partial charge in [0.1, 0.15) is 11.6 Å². The van der Waals surface area contributed by atoms with Crippen molar-refractivity contribution in [2.75, 3.05) is 26.9 Å². The van der Waals surface area contributed by atoms with Gasteiger partial charge in [0.25, 0.3) is 5.56 Å². The summed E-state index contributed by atoms with van der Waals surface area (Å²) in [5.74, 6) is -2.19. The molecule has 12 heteroatoms. The Morgan fingerprint density at radius 1 is 1.18 bits per heavy atom. The Labute approximate surface area is 223 Å². The molecule has 0 bridgehead atoms. The fourth-order valence-corrected chi connectivity index (χ4v) is 4.41. The number of rotatable bonds is 9. The molecule has 1 unspecified atom stereocenters. The lowest BCUT2D eigenvalue weighted by Gasteiger charge is -2.31. The summed E-state index contributed by atoms with van der Waals surface area (Å²) in [6, 6.07) is 8.61. The van der Waals surface area contributed by atoms with E-state index in [4.69, 9.17) is 31.1 Å². The second-order valence-corrected chi connectivity index (χ2v) is 8.68. The first-order valence-electron chi connectivity index (χ1n) is 11.6. The fraction of sp³-hybridized carbons (Fsp3) is 0.346. The highest BCUT2D eigenvalue weighted by Gasteiger charge is 2.39. The number of hydrogen-bond acceptors (Lipinski definition) is 9. The summed E-state index contributed by atoms with van der Waals surface area (Å²) in [4.78, 5) is 50.4. The highest BCUT2D eigenvalue weighted by molar-refractivity contribution is 6.31. The summed E-state index contributed by atoms with van der Waals surface area (Å²) in [5, 5.41) is 12.6. The topological polar surface area (TPSA) is 142 Å². The first-order chi connectivity index (χ1) is 18.2. The van der Waals surface area contributed by atoms with Gasteiger partial charge in [-0.1, -0.05) is 29.8 Å². The smallest absolute Gasteiger partial charge is 0.336 e. The molecule has 1 aromatic heterocycles. The molecule has 1 N–H and O–H groups in total. The van der Waals surface area contributed by atoms with Crippen LogP contribution in [0.15, 0.2) is 62.6 Å². The van der Waals surface area contributed by atoms with Crippen LogP contribution < -0.4 is 16.6 Å². The molecule has 1 atom stereocenters. The van der Waals surface area contributed by atoms with Crippen molar-refractivity contribution in [1.82, 2.24) is 14.5 Å². The normalized spacial score (nSPS) is 15.1. The maximum absolute atomic E-state index is 13.2. The van der Waals surface area contributed by atoms with E-state index in [9.17, 15) is 19.2 Å². The molecule has 1 aliphatic rings. The zero-order valence-electron chi connectivity index (χ0n) is 21.4. The van der Waals surface area contributed by atoms with E-state index in [0.717, 1.165) is 4.57 Å². The van der Waals surface area contributed by atoms with E-state index in [-0.39, 0.29) is 43.1 Å². The minimum atomic E-state index is -0.889. The van der Waals surface area contributed by atoms with E-state index in [2.05, 4.69) is 5.32 Å². The van der Waals surface area contributed by atoms with E-state index in [1.807, 2.05) is 0 Å². The van der Waals surface area contributed by atoms with Crippen LogP contribution in [-0.4, -0.2) is 48.0 Å². The molecule has 0 fully saturated rings. The largest absolute Gasteiger partial charge is 0.466 e. The number of carbonyl (C=O) groups is 2. The molecule has 2 aromatic rings. The van der Waals surface area contributed by atoms with Gasteiger partial charge >= 0.3 is 17.6 Å². The SMILES string of the molecule is CCOC(=O)C1=C(COCCn2cc(C#N)c(=O)n(C)c2=O)NC(C)=C(C(=O)OC)C1c1ccccc1Cl. The van der Waals surface area contributed by atoms with E-state index in [1.165, 1.54) is 24.9 Å². The van der Waals surface area contributed by atoms with Gasteiger partial charge in [0.05, 0.1) is 56.2 Å². The number of esters is 2. The van der Waals surface area contributed by atoms with Gasteiger partial charge in [0.15, 0.2) is 0 Å². The molecule has 3 rings (SSSR count). The van der Waals surface area contributed by atoms with Crippen molar-refractivity contribution in [3.05, 3.63) is 90.0 Å². The third kappa shape index (κ3) is 5.72. The van der Waals surface area contributed by atoms with Crippen LogP contribution in [0.5, 0.6) is 0 Å². The van der Waals surface area contributed by atoms with Crippen LogP contribution in [0, 0.1) is 11.3 Å². The maximum atomic E-state index is 13.2. The minimum Gasteiger partial charge on any atom is -0.466 e. The van der Waals surface area contributed by atoms with Gasteiger partial charge in [-0.15, -0.1) is 0 Å². The molecule has 1 aromatic carbocycles. The molecule has 0 amide bonds. The quantitative estimate of drug-likeness (QED) is 0.370. The van der Waals surface area contributed by atoms with E-state index in [1.54, 1.807) is 44.2 Å². The van der Waals surface area contributed by atoms with Gasteiger partial charge in [-0.2, -0.15) is 5.26 Å². The molecule has 11 nitrogen and oxygen atoms in total. The standard InChI is InChI=1S/C26H27ClN4O7/c1-5-38-25(34)22-19(14-37-11-10-31-13-16(12-28)23(32)30(3)26(31)35)29-15(2)20(24(33)36-4)21(22)17-8-6-7-9-18(17)27/h6-9,13,21,29H,5,10-11,14H2,1-4H3. The molecular weight excluding hydrogens is 516 g/mol. The molecule has 0 aliphatic carbocycles. The number of methoxy groups -OCH3 is 1. The average Bonchev–Trinajstić information content (AvgIpc) is 2.90. The molecule has 200 valence electrons. The number of allylic oxidation sites excluding steroid dienone is 1. The molecule has 0 radical (unpaired) electrons. The first-order valence-corrected chi connectivity index (χ1v) is 12.0. The number of nitrogens with one attached hydrogen (secondary N) is 1. The number of carbonyl (C=O) groups excluding carboxylic acids is 2. The van der Waals surface area contributed by atoms with Crippen molar-refractivity contribution in [3.8, 4) is 6.07 Å². The zero-order chi connectivity index (χ0) is 28.0. The third-order valence-electron chi connectivity index (χ3n) is 5.96. The third-order valence-corrected chi connectivity index (χ3v) is 6.30. The fourth-order valence-electron chi connectivity index (χ4n) is 4.16. The minimum absolute atomic E-state index is 0.00758. The van der Waals surface area contributed by atoms with Crippen LogP contribution in [0.25, 0.3) is 0 Å². The lowest BCUT2D eigenvalue weighted by molar-refractivity contribution is -0.139. The van der Waals surface area contributed by atoms with E-state index < -0.39 is 29.1 Å². The Hall–Kier alpha value is -4.14. The van der Waals surface area contributed by atoms with Crippen molar-refractivity contribution in [2.45, 2.75) is 26.3 Å². The molecule has 0 saturated heterocycles. The van der Waals surface area contributed by atoms with Crippen molar-refractivity contribution in [2.24, 2.45) is 7.05 Å². The number of benzene rings is 1. The Balaban J connectivity index is 1.98. The summed E-state index contributed by atoms with van der Waals surface area (Å²) < 4.78 is 18.2. The second kappa shape index (κ2) is 12.4. The number of nitrogens with zero attached hydrogens (tertiary/aromatic N) is 3. The number of ether oxygens (including phenoxy) is 3. The molecule has 0 spiro atoms. The number of halogens is 1. The van der Waals surface area contributed by atoms with Crippen LogP contribution in [0.4, 0.5) is 0 Å². The van der Waals surface area contributed by atoms with Crippen molar-refractivity contribution in [1.29, 1.82) is 5.26 Å². The van der Waals surface area contributed by atoms with Gasteiger partial charge in [-0.3, -0.25) is 13.9 Å². The predicted molar refractivity (Wildman–Crippen MR) is 137 cm³/mol. The van der Waals surface area contributed by atoms with E-state index in [0.29, 0.717) is 22.0 Å². The maximum Gasteiger partial charge on any atom is 0.336 e. The zero-order valence-corrected chi connectivity index (χ0v) is 22.1. The van der Waals surface area contributed by atoms with Crippen molar-refractivity contribution < 1.29 is 23.8 Å². The van der Waals surface area contributed by atoms with Gasteiger partial charge in [0, 0.05) is 24.0 Å². The van der Waals surface area contributed by atoms with Gasteiger partial charge in [-0.05, 0) is 25.5 Å². The number of nitriles is 1. The average molecular weight is 543 g/mol. The summed E-state index contributed by atoms with van der Waals surface area (Å²) >= 11 is 6.49. The predicted octanol–water partition coefficient (Wildman–Crippen LogP) is 1.74. The number of dihydropyridines is 1. The van der Waals surface area contributed by atoms with Gasteiger partial charge in [0.2, 0.25) is 0 Å². The Morgan fingerprint density at radius 2 is 1.89 bits per heavy atom. The highest BCUT2D eigenvalue weighted by Crippen LogP contribution is 2.41. The van der Waals surface area contributed by atoms with Crippen LogP contribution in [0.3, 0.4) is 0 Å². The monoisotopic (exact) mass is 542 g/mol. The molecular formula is C26H27ClN4O7. The summed E-state index contributed by atoms with van der Waals surface area (Å²) in [6.07, 6.45) is 1.18. The highest BCUT2D eigenvalue weighted by atomic mass is 35.5. The molecule has 1 aliphatic heterocycles. The van der Waals surface area contributed by atoms with Crippen LogP contribution in [0.1, 0.15) is 30.9 Å². The van der Waals surface area contributed by atoms with Crippen molar-refractivity contribution in [3.63, 3.8) is 0 Å².